The normalized spacial score (nSPS) is 12.0. The van der Waals surface area contributed by atoms with Crippen LogP contribution in [-0.4, -0.2) is 12.5 Å². The SMILES string of the molecule is Cc1ccc(CC(=O)NC(CN)c2ccccc2)cc1C. The van der Waals surface area contributed by atoms with Crippen molar-refractivity contribution in [2.45, 2.75) is 26.3 Å². The Bertz CT molecular complexity index is 608. The number of nitrogens with one attached hydrogen (secondary N) is 1. The van der Waals surface area contributed by atoms with Crippen molar-refractivity contribution >= 4 is 5.91 Å². The molecule has 1 amide bonds. The van der Waals surface area contributed by atoms with Crippen molar-refractivity contribution < 1.29 is 4.79 Å². The summed E-state index contributed by atoms with van der Waals surface area (Å²) in [6.07, 6.45) is 0.379. The molecular weight excluding hydrogens is 260 g/mol. The fourth-order valence-corrected chi connectivity index (χ4v) is 2.31. The average Bonchev–Trinajstić information content (AvgIpc) is 2.49. The van der Waals surface area contributed by atoms with Gasteiger partial charge < -0.3 is 11.1 Å². The van der Waals surface area contributed by atoms with Gasteiger partial charge in [0, 0.05) is 6.54 Å². The minimum absolute atomic E-state index is 0.00226. The highest BCUT2D eigenvalue weighted by atomic mass is 16.1. The smallest absolute Gasteiger partial charge is 0.224 e. The number of hydrogen-bond donors (Lipinski definition) is 2. The second-order valence-corrected chi connectivity index (χ2v) is 5.36. The van der Waals surface area contributed by atoms with Crippen LogP contribution in [-0.2, 0) is 11.2 Å². The van der Waals surface area contributed by atoms with Crippen LogP contribution < -0.4 is 11.1 Å². The third kappa shape index (κ3) is 4.17. The second kappa shape index (κ2) is 7.04. The minimum atomic E-state index is -0.134. The fourth-order valence-electron chi connectivity index (χ4n) is 2.31. The van der Waals surface area contributed by atoms with Gasteiger partial charge in [-0.25, -0.2) is 0 Å². The maximum Gasteiger partial charge on any atom is 0.224 e. The number of aryl methyl sites for hydroxylation is 2. The maximum absolute atomic E-state index is 12.2. The third-order valence-corrected chi connectivity index (χ3v) is 3.71. The van der Waals surface area contributed by atoms with Gasteiger partial charge in [0.25, 0.3) is 0 Å². The molecule has 1 atom stereocenters. The lowest BCUT2D eigenvalue weighted by Crippen LogP contribution is -2.34. The molecule has 0 aliphatic carbocycles. The number of benzene rings is 2. The Hall–Kier alpha value is -2.13. The average molecular weight is 282 g/mol. The summed E-state index contributed by atoms with van der Waals surface area (Å²) in [5, 5.41) is 3.00. The van der Waals surface area contributed by atoms with E-state index in [-0.39, 0.29) is 11.9 Å². The first-order valence-corrected chi connectivity index (χ1v) is 7.20. The van der Waals surface area contributed by atoms with E-state index in [4.69, 9.17) is 5.73 Å². The van der Waals surface area contributed by atoms with Crippen LogP contribution in [0.5, 0.6) is 0 Å². The van der Waals surface area contributed by atoms with Crippen LogP contribution in [0.15, 0.2) is 48.5 Å². The van der Waals surface area contributed by atoms with Gasteiger partial charge in [0.15, 0.2) is 0 Å². The van der Waals surface area contributed by atoms with Crippen LogP contribution in [0.4, 0.5) is 0 Å². The molecule has 0 heterocycles. The van der Waals surface area contributed by atoms with E-state index in [1.807, 2.05) is 36.4 Å². The molecule has 0 saturated carbocycles. The number of carbonyl (C=O) groups is 1. The first kappa shape index (κ1) is 15.3. The van der Waals surface area contributed by atoms with Gasteiger partial charge in [-0.3, -0.25) is 4.79 Å². The van der Waals surface area contributed by atoms with Crippen LogP contribution in [0.3, 0.4) is 0 Å². The summed E-state index contributed by atoms with van der Waals surface area (Å²) < 4.78 is 0. The standard InChI is InChI=1S/C18H22N2O/c1-13-8-9-15(10-14(13)2)11-18(21)20-17(12-19)16-6-4-3-5-7-16/h3-10,17H,11-12,19H2,1-2H3,(H,20,21). The predicted octanol–water partition coefficient (Wildman–Crippen LogP) is 2.66. The van der Waals surface area contributed by atoms with E-state index in [1.54, 1.807) is 0 Å². The Kier molecular flexibility index (Phi) is 5.12. The van der Waals surface area contributed by atoms with Gasteiger partial charge in [-0.2, -0.15) is 0 Å². The maximum atomic E-state index is 12.2. The van der Waals surface area contributed by atoms with Crippen LogP contribution in [0.2, 0.25) is 0 Å². The zero-order chi connectivity index (χ0) is 15.2. The molecule has 110 valence electrons. The molecule has 0 spiro atoms. The highest BCUT2D eigenvalue weighted by Crippen LogP contribution is 2.13. The topological polar surface area (TPSA) is 55.1 Å². The van der Waals surface area contributed by atoms with Crippen molar-refractivity contribution in [3.05, 3.63) is 70.8 Å². The summed E-state index contributed by atoms with van der Waals surface area (Å²) in [7, 11) is 0. The first-order valence-electron chi connectivity index (χ1n) is 7.20. The van der Waals surface area contributed by atoms with Crippen molar-refractivity contribution in [1.29, 1.82) is 0 Å². The monoisotopic (exact) mass is 282 g/mol. The molecule has 0 aliphatic rings. The lowest BCUT2D eigenvalue weighted by atomic mass is 10.0. The minimum Gasteiger partial charge on any atom is -0.348 e. The Morgan fingerprint density at radius 3 is 2.43 bits per heavy atom. The molecule has 2 aromatic rings. The molecule has 21 heavy (non-hydrogen) atoms. The number of amides is 1. The zero-order valence-corrected chi connectivity index (χ0v) is 12.6. The molecule has 0 bridgehead atoms. The van der Waals surface area contributed by atoms with Gasteiger partial charge >= 0.3 is 0 Å². The van der Waals surface area contributed by atoms with Gasteiger partial charge in [-0.15, -0.1) is 0 Å². The molecule has 1 unspecified atom stereocenters. The first-order chi connectivity index (χ1) is 10.1. The number of nitrogens with two attached hydrogens (primary N) is 1. The summed E-state index contributed by atoms with van der Waals surface area (Å²) in [4.78, 5) is 12.2. The summed E-state index contributed by atoms with van der Waals surface area (Å²) in [6.45, 7) is 4.52. The van der Waals surface area contributed by atoms with Crippen molar-refractivity contribution in [3.63, 3.8) is 0 Å². The summed E-state index contributed by atoms with van der Waals surface area (Å²) in [6, 6.07) is 15.8. The third-order valence-electron chi connectivity index (χ3n) is 3.71. The lowest BCUT2D eigenvalue weighted by Gasteiger charge is -2.17. The van der Waals surface area contributed by atoms with E-state index in [0.717, 1.165) is 11.1 Å². The summed E-state index contributed by atoms with van der Waals surface area (Å²) in [5.74, 6) is -0.00226. The molecule has 2 aromatic carbocycles. The molecule has 2 rings (SSSR count). The highest BCUT2D eigenvalue weighted by molar-refractivity contribution is 5.79. The Morgan fingerprint density at radius 2 is 1.81 bits per heavy atom. The van der Waals surface area contributed by atoms with Crippen molar-refractivity contribution in [1.82, 2.24) is 5.32 Å². The van der Waals surface area contributed by atoms with Crippen molar-refractivity contribution in [2.75, 3.05) is 6.54 Å². The molecular formula is C18H22N2O. The molecule has 3 heteroatoms. The van der Waals surface area contributed by atoms with Gasteiger partial charge in [0.05, 0.1) is 12.5 Å². The van der Waals surface area contributed by atoms with Crippen molar-refractivity contribution in [3.8, 4) is 0 Å². The molecule has 3 nitrogen and oxygen atoms in total. The van der Waals surface area contributed by atoms with Crippen LogP contribution in [0.1, 0.15) is 28.3 Å². The molecule has 0 fully saturated rings. The molecule has 0 saturated heterocycles. The predicted molar refractivity (Wildman–Crippen MR) is 86.0 cm³/mol. The highest BCUT2D eigenvalue weighted by Gasteiger charge is 2.13. The van der Waals surface area contributed by atoms with Crippen LogP contribution in [0.25, 0.3) is 0 Å². The van der Waals surface area contributed by atoms with Gasteiger partial charge in [0.2, 0.25) is 5.91 Å². The quantitative estimate of drug-likeness (QED) is 0.886. The van der Waals surface area contributed by atoms with E-state index in [2.05, 4.69) is 31.3 Å². The van der Waals surface area contributed by atoms with E-state index in [9.17, 15) is 4.79 Å². The number of carbonyl (C=O) groups excluding carboxylic acids is 1. The van der Waals surface area contributed by atoms with E-state index in [0.29, 0.717) is 13.0 Å². The van der Waals surface area contributed by atoms with Crippen LogP contribution >= 0.6 is 0 Å². The summed E-state index contributed by atoms with van der Waals surface area (Å²) in [5.41, 5.74) is 10.3. The Labute approximate surface area is 126 Å². The summed E-state index contributed by atoms with van der Waals surface area (Å²) >= 11 is 0. The lowest BCUT2D eigenvalue weighted by molar-refractivity contribution is -0.121. The Morgan fingerprint density at radius 1 is 1.10 bits per heavy atom. The number of rotatable bonds is 5. The second-order valence-electron chi connectivity index (χ2n) is 5.36. The van der Waals surface area contributed by atoms with Crippen molar-refractivity contribution in [2.24, 2.45) is 5.73 Å². The molecule has 3 N–H and O–H groups in total. The zero-order valence-electron chi connectivity index (χ0n) is 12.6. The molecule has 0 aliphatic heterocycles. The molecule has 0 aromatic heterocycles. The van der Waals surface area contributed by atoms with Gasteiger partial charge in [0.1, 0.15) is 0 Å². The van der Waals surface area contributed by atoms with E-state index >= 15 is 0 Å². The van der Waals surface area contributed by atoms with Gasteiger partial charge in [-0.05, 0) is 36.1 Å². The molecule has 0 radical (unpaired) electrons. The van der Waals surface area contributed by atoms with Gasteiger partial charge in [-0.1, -0.05) is 48.5 Å². The Balaban J connectivity index is 2.01. The largest absolute Gasteiger partial charge is 0.348 e. The van der Waals surface area contributed by atoms with E-state index in [1.165, 1.54) is 11.1 Å². The number of hydrogen-bond acceptors (Lipinski definition) is 2. The van der Waals surface area contributed by atoms with Crippen LogP contribution in [0, 0.1) is 13.8 Å². The van der Waals surface area contributed by atoms with E-state index < -0.39 is 0 Å². The fraction of sp³-hybridized carbons (Fsp3) is 0.278.